The van der Waals surface area contributed by atoms with Gasteiger partial charge in [-0.05, 0) is 11.3 Å². The second-order valence-corrected chi connectivity index (χ2v) is 4.15. The van der Waals surface area contributed by atoms with E-state index in [1.807, 2.05) is 13.2 Å². The summed E-state index contributed by atoms with van der Waals surface area (Å²) in [7, 11) is 1.86. The summed E-state index contributed by atoms with van der Waals surface area (Å²) in [6, 6.07) is 0. The smallest absolute Gasteiger partial charge is 0.147 e. The highest BCUT2D eigenvalue weighted by atomic mass is 32.2. The Morgan fingerprint density at radius 2 is 2.46 bits per heavy atom. The number of rotatable bonds is 5. The molecule has 1 aromatic rings. The first-order valence-corrected chi connectivity index (χ1v) is 5.44. The molecule has 0 atom stereocenters. The van der Waals surface area contributed by atoms with E-state index in [1.54, 1.807) is 22.6 Å². The number of carbonyl (C=O) groups is 1. The van der Waals surface area contributed by atoms with Gasteiger partial charge in [0, 0.05) is 19.7 Å². The Morgan fingerprint density at radius 3 is 3.00 bits per heavy atom. The first-order chi connectivity index (χ1) is 6.22. The topological polar surface area (TPSA) is 34.9 Å². The molecule has 0 aliphatic rings. The van der Waals surface area contributed by atoms with Crippen LogP contribution in [0.3, 0.4) is 0 Å². The van der Waals surface area contributed by atoms with Crippen LogP contribution in [0.4, 0.5) is 0 Å². The lowest BCUT2D eigenvalue weighted by atomic mass is 10.2. The van der Waals surface area contributed by atoms with E-state index in [-0.39, 0.29) is 5.78 Å². The largest absolute Gasteiger partial charge is 0.298 e. The zero-order valence-corrected chi connectivity index (χ0v) is 8.80. The van der Waals surface area contributed by atoms with Crippen LogP contribution < -0.4 is 0 Å². The fourth-order valence-corrected chi connectivity index (χ4v) is 1.59. The van der Waals surface area contributed by atoms with E-state index >= 15 is 0 Å². The SMILES string of the molecule is CCSCC(=O)Cc1cnn(C)c1. The summed E-state index contributed by atoms with van der Waals surface area (Å²) in [4.78, 5) is 11.3. The standard InChI is InChI=1S/C9H14N2OS/c1-3-13-7-9(12)4-8-5-10-11(2)6-8/h5-6H,3-4,7H2,1-2H3. The Hall–Kier alpha value is -0.770. The van der Waals surface area contributed by atoms with Gasteiger partial charge >= 0.3 is 0 Å². The number of Topliss-reactive ketones (excluding diaryl/α,β-unsaturated/α-hetero) is 1. The fraction of sp³-hybridized carbons (Fsp3) is 0.556. The van der Waals surface area contributed by atoms with Crippen molar-refractivity contribution in [1.29, 1.82) is 0 Å². The Morgan fingerprint density at radius 1 is 1.69 bits per heavy atom. The normalized spacial score (nSPS) is 10.3. The minimum Gasteiger partial charge on any atom is -0.298 e. The summed E-state index contributed by atoms with van der Waals surface area (Å²) < 4.78 is 1.72. The number of hydrogen-bond donors (Lipinski definition) is 0. The number of aryl methyl sites for hydroxylation is 1. The third-order valence-electron chi connectivity index (χ3n) is 1.63. The molecule has 0 radical (unpaired) electrons. The monoisotopic (exact) mass is 198 g/mol. The maximum Gasteiger partial charge on any atom is 0.147 e. The van der Waals surface area contributed by atoms with Crippen LogP contribution in [-0.2, 0) is 18.3 Å². The number of nitrogens with zero attached hydrogens (tertiary/aromatic N) is 2. The van der Waals surface area contributed by atoms with Crippen molar-refractivity contribution in [2.24, 2.45) is 7.05 Å². The van der Waals surface area contributed by atoms with Gasteiger partial charge in [0.1, 0.15) is 5.78 Å². The molecule has 0 N–H and O–H groups in total. The van der Waals surface area contributed by atoms with E-state index in [0.717, 1.165) is 11.3 Å². The summed E-state index contributed by atoms with van der Waals surface area (Å²) in [5.41, 5.74) is 1.00. The van der Waals surface area contributed by atoms with Crippen molar-refractivity contribution in [1.82, 2.24) is 9.78 Å². The summed E-state index contributed by atoms with van der Waals surface area (Å²) >= 11 is 1.67. The zero-order chi connectivity index (χ0) is 9.68. The maximum absolute atomic E-state index is 11.3. The van der Waals surface area contributed by atoms with Crippen LogP contribution in [0.1, 0.15) is 12.5 Å². The first kappa shape index (κ1) is 10.3. The molecule has 0 saturated heterocycles. The van der Waals surface area contributed by atoms with Gasteiger partial charge in [0.2, 0.25) is 0 Å². The molecule has 72 valence electrons. The van der Waals surface area contributed by atoms with Gasteiger partial charge in [-0.15, -0.1) is 0 Å². The second kappa shape index (κ2) is 5.07. The van der Waals surface area contributed by atoms with Crippen molar-refractivity contribution in [3.8, 4) is 0 Å². The Kier molecular flexibility index (Phi) is 4.02. The van der Waals surface area contributed by atoms with Crippen molar-refractivity contribution < 1.29 is 4.79 Å². The van der Waals surface area contributed by atoms with E-state index in [4.69, 9.17) is 0 Å². The molecule has 0 fully saturated rings. The molecule has 0 unspecified atom stereocenters. The molecule has 13 heavy (non-hydrogen) atoms. The molecule has 1 heterocycles. The molecule has 0 aliphatic carbocycles. The zero-order valence-electron chi connectivity index (χ0n) is 7.99. The van der Waals surface area contributed by atoms with Crippen molar-refractivity contribution in [2.75, 3.05) is 11.5 Å². The van der Waals surface area contributed by atoms with E-state index in [2.05, 4.69) is 12.0 Å². The van der Waals surface area contributed by atoms with E-state index in [0.29, 0.717) is 12.2 Å². The Balaban J connectivity index is 2.36. The molecule has 4 heteroatoms. The van der Waals surface area contributed by atoms with Gasteiger partial charge in [-0.25, -0.2) is 0 Å². The van der Waals surface area contributed by atoms with Crippen molar-refractivity contribution in [3.63, 3.8) is 0 Å². The fourth-order valence-electron chi connectivity index (χ4n) is 1.06. The Labute approximate surface area is 82.5 Å². The minimum atomic E-state index is 0.278. The average molecular weight is 198 g/mol. The highest BCUT2D eigenvalue weighted by Gasteiger charge is 2.04. The van der Waals surface area contributed by atoms with Gasteiger partial charge in [0.05, 0.1) is 11.9 Å². The number of carbonyl (C=O) groups excluding carboxylic acids is 1. The summed E-state index contributed by atoms with van der Waals surface area (Å²) in [5.74, 6) is 1.89. The maximum atomic E-state index is 11.3. The predicted octanol–water partition coefficient (Wildman–Crippen LogP) is 1.28. The third-order valence-corrected chi connectivity index (χ3v) is 2.56. The molecule has 0 aliphatic heterocycles. The summed E-state index contributed by atoms with van der Waals surface area (Å²) in [6.45, 7) is 2.06. The van der Waals surface area contributed by atoms with Gasteiger partial charge < -0.3 is 0 Å². The van der Waals surface area contributed by atoms with Crippen LogP contribution in [0.5, 0.6) is 0 Å². The number of aromatic nitrogens is 2. The molecule has 0 saturated carbocycles. The highest BCUT2D eigenvalue weighted by molar-refractivity contribution is 7.99. The molecule has 1 rings (SSSR count). The second-order valence-electron chi connectivity index (χ2n) is 2.87. The molecule has 0 amide bonds. The minimum absolute atomic E-state index is 0.278. The quantitative estimate of drug-likeness (QED) is 0.715. The van der Waals surface area contributed by atoms with Crippen molar-refractivity contribution >= 4 is 17.5 Å². The van der Waals surface area contributed by atoms with Crippen LogP contribution >= 0.6 is 11.8 Å². The van der Waals surface area contributed by atoms with Gasteiger partial charge in [-0.3, -0.25) is 9.48 Å². The molecule has 0 spiro atoms. The van der Waals surface area contributed by atoms with Crippen LogP contribution in [-0.4, -0.2) is 27.1 Å². The molecule has 0 aromatic carbocycles. The lowest BCUT2D eigenvalue weighted by Crippen LogP contribution is -2.05. The molecular formula is C9H14N2OS. The highest BCUT2D eigenvalue weighted by Crippen LogP contribution is 2.03. The van der Waals surface area contributed by atoms with E-state index in [1.165, 1.54) is 0 Å². The first-order valence-electron chi connectivity index (χ1n) is 4.29. The van der Waals surface area contributed by atoms with E-state index < -0.39 is 0 Å². The van der Waals surface area contributed by atoms with Gasteiger partial charge in [0.25, 0.3) is 0 Å². The lowest BCUT2D eigenvalue weighted by molar-refractivity contribution is -0.116. The number of hydrogen-bond acceptors (Lipinski definition) is 3. The van der Waals surface area contributed by atoms with E-state index in [9.17, 15) is 4.79 Å². The predicted molar refractivity (Wildman–Crippen MR) is 54.9 cm³/mol. The number of ketones is 1. The number of thioether (sulfide) groups is 1. The van der Waals surface area contributed by atoms with Crippen molar-refractivity contribution in [3.05, 3.63) is 18.0 Å². The third kappa shape index (κ3) is 3.63. The van der Waals surface area contributed by atoms with Crippen LogP contribution in [0.15, 0.2) is 12.4 Å². The molecular weight excluding hydrogens is 184 g/mol. The van der Waals surface area contributed by atoms with Gasteiger partial charge in [0.15, 0.2) is 0 Å². The average Bonchev–Trinajstić information content (AvgIpc) is 2.48. The van der Waals surface area contributed by atoms with Crippen molar-refractivity contribution in [2.45, 2.75) is 13.3 Å². The summed E-state index contributed by atoms with van der Waals surface area (Å²) in [6.07, 6.45) is 4.14. The Bertz CT molecular complexity index is 283. The lowest BCUT2D eigenvalue weighted by Gasteiger charge is -1.96. The van der Waals surface area contributed by atoms with Crippen LogP contribution in [0.2, 0.25) is 0 Å². The van der Waals surface area contributed by atoms with Gasteiger partial charge in [-0.1, -0.05) is 6.92 Å². The van der Waals surface area contributed by atoms with Crippen LogP contribution in [0, 0.1) is 0 Å². The molecule has 1 aromatic heterocycles. The van der Waals surface area contributed by atoms with Crippen LogP contribution in [0.25, 0.3) is 0 Å². The summed E-state index contributed by atoms with van der Waals surface area (Å²) in [5, 5.41) is 4.01. The molecule has 3 nitrogen and oxygen atoms in total. The van der Waals surface area contributed by atoms with Gasteiger partial charge in [-0.2, -0.15) is 16.9 Å². The molecule has 0 bridgehead atoms.